The number of carbonyl (C=O) groups is 2. The summed E-state index contributed by atoms with van der Waals surface area (Å²) in [6.45, 7) is 0.930. The molecule has 2 rings (SSSR count). The molecular weight excluding hydrogens is 331 g/mol. The number of benzene rings is 2. The van der Waals surface area contributed by atoms with Gasteiger partial charge in [0.1, 0.15) is 5.82 Å². The van der Waals surface area contributed by atoms with Crippen molar-refractivity contribution in [2.75, 3.05) is 6.61 Å². The van der Waals surface area contributed by atoms with Crippen molar-refractivity contribution in [3.8, 4) is 0 Å². The summed E-state index contributed by atoms with van der Waals surface area (Å²) in [7, 11) is 0. The molecule has 130 valence electrons. The van der Waals surface area contributed by atoms with Gasteiger partial charge in [0.2, 0.25) is 0 Å². The molecule has 1 N–H and O–H groups in total. The van der Waals surface area contributed by atoms with Crippen LogP contribution in [0.2, 0.25) is 0 Å². The number of esters is 1. The van der Waals surface area contributed by atoms with Crippen LogP contribution in [0.25, 0.3) is 0 Å². The van der Waals surface area contributed by atoms with E-state index in [9.17, 15) is 24.1 Å². The lowest BCUT2D eigenvalue weighted by molar-refractivity contribution is -0.385. The number of nitro groups is 1. The fraction of sp³-hybridized carbons (Fsp3) is 0.176. The average Bonchev–Trinajstić information content (AvgIpc) is 2.58. The van der Waals surface area contributed by atoms with Crippen LogP contribution < -0.4 is 5.32 Å². The fourth-order valence-corrected chi connectivity index (χ4v) is 2.09. The SMILES string of the molecule is Cc1cc(C(=O)OCC(=O)NCc2ccccc2F)ccc1[N+](=O)[O-]. The molecule has 0 bridgehead atoms. The molecule has 0 spiro atoms. The van der Waals surface area contributed by atoms with Crippen LogP contribution in [0, 0.1) is 22.9 Å². The zero-order valence-corrected chi connectivity index (χ0v) is 13.3. The van der Waals surface area contributed by atoms with Crippen molar-refractivity contribution in [1.29, 1.82) is 0 Å². The lowest BCUT2D eigenvalue weighted by Crippen LogP contribution is -2.28. The van der Waals surface area contributed by atoms with E-state index in [1.54, 1.807) is 6.07 Å². The van der Waals surface area contributed by atoms with Gasteiger partial charge in [0.05, 0.1) is 10.5 Å². The molecule has 0 unspecified atom stereocenters. The van der Waals surface area contributed by atoms with Crippen LogP contribution in [0.1, 0.15) is 21.5 Å². The van der Waals surface area contributed by atoms with Gasteiger partial charge in [-0.1, -0.05) is 18.2 Å². The van der Waals surface area contributed by atoms with Crippen LogP contribution in [0.3, 0.4) is 0 Å². The van der Waals surface area contributed by atoms with Gasteiger partial charge in [0.25, 0.3) is 11.6 Å². The second-order valence-electron chi connectivity index (χ2n) is 5.20. The summed E-state index contributed by atoms with van der Waals surface area (Å²) >= 11 is 0. The number of nitrogens with zero attached hydrogens (tertiary/aromatic N) is 1. The molecule has 1 amide bonds. The predicted molar refractivity (Wildman–Crippen MR) is 86.4 cm³/mol. The van der Waals surface area contributed by atoms with Gasteiger partial charge >= 0.3 is 5.97 Å². The third kappa shape index (κ3) is 4.84. The highest BCUT2D eigenvalue weighted by Gasteiger charge is 2.15. The molecule has 0 fully saturated rings. The van der Waals surface area contributed by atoms with E-state index in [1.165, 1.54) is 43.3 Å². The smallest absolute Gasteiger partial charge is 0.338 e. The summed E-state index contributed by atoms with van der Waals surface area (Å²) in [5.41, 5.74) is 0.612. The number of rotatable bonds is 6. The van der Waals surface area contributed by atoms with Gasteiger partial charge in [-0.15, -0.1) is 0 Å². The number of hydrogen-bond acceptors (Lipinski definition) is 5. The van der Waals surface area contributed by atoms with Crippen LogP contribution in [0.5, 0.6) is 0 Å². The zero-order valence-electron chi connectivity index (χ0n) is 13.3. The lowest BCUT2D eigenvalue weighted by atomic mass is 10.1. The molecule has 0 radical (unpaired) electrons. The molecule has 0 saturated heterocycles. The number of amides is 1. The molecule has 2 aromatic rings. The van der Waals surface area contributed by atoms with Crippen LogP contribution in [-0.4, -0.2) is 23.4 Å². The van der Waals surface area contributed by atoms with E-state index in [-0.39, 0.29) is 17.8 Å². The zero-order chi connectivity index (χ0) is 18.4. The molecule has 0 aliphatic carbocycles. The summed E-state index contributed by atoms with van der Waals surface area (Å²) in [5.74, 6) is -1.81. The number of hydrogen-bond donors (Lipinski definition) is 1. The molecule has 0 aliphatic rings. The number of nitro benzene ring substituents is 1. The van der Waals surface area contributed by atoms with Crippen molar-refractivity contribution >= 4 is 17.6 Å². The first-order chi connectivity index (χ1) is 11.9. The highest BCUT2D eigenvalue weighted by atomic mass is 19.1. The van der Waals surface area contributed by atoms with Gasteiger partial charge in [0, 0.05) is 23.7 Å². The Hall–Kier alpha value is -3.29. The predicted octanol–water partition coefficient (Wildman–Crippen LogP) is 2.52. The molecule has 2 aromatic carbocycles. The summed E-state index contributed by atoms with van der Waals surface area (Å²) in [6.07, 6.45) is 0. The van der Waals surface area contributed by atoms with Crippen molar-refractivity contribution in [2.45, 2.75) is 13.5 Å². The lowest BCUT2D eigenvalue weighted by Gasteiger charge is -2.08. The van der Waals surface area contributed by atoms with E-state index in [0.717, 1.165) is 0 Å². The molecular formula is C17H15FN2O5. The Labute approximate surface area is 142 Å². The Morgan fingerprint density at radius 1 is 1.24 bits per heavy atom. The maximum absolute atomic E-state index is 13.4. The van der Waals surface area contributed by atoms with E-state index in [2.05, 4.69) is 5.32 Å². The molecule has 25 heavy (non-hydrogen) atoms. The minimum Gasteiger partial charge on any atom is -0.452 e. The molecule has 0 aromatic heterocycles. The number of nitrogens with one attached hydrogen (secondary N) is 1. The summed E-state index contributed by atoms with van der Waals surface area (Å²) in [6, 6.07) is 9.75. The van der Waals surface area contributed by atoms with Crippen LogP contribution in [-0.2, 0) is 16.1 Å². The third-order valence-corrected chi connectivity index (χ3v) is 3.40. The van der Waals surface area contributed by atoms with Crippen molar-refractivity contribution in [3.05, 3.63) is 75.1 Å². The van der Waals surface area contributed by atoms with E-state index in [4.69, 9.17) is 4.74 Å². The van der Waals surface area contributed by atoms with E-state index >= 15 is 0 Å². The fourth-order valence-electron chi connectivity index (χ4n) is 2.09. The Kier molecular flexibility index (Phi) is 5.78. The first-order valence-corrected chi connectivity index (χ1v) is 7.30. The standard InChI is InChI=1S/C17H15FN2O5/c1-11-8-12(6-7-15(11)20(23)24)17(22)25-10-16(21)19-9-13-4-2-3-5-14(13)18/h2-8H,9-10H2,1H3,(H,19,21). The second-order valence-corrected chi connectivity index (χ2v) is 5.20. The van der Waals surface area contributed by atoms with Gasteiger partial charge in [-0.05, 0) is 25.1 Å². The second kappa shape index (κ2) is 8.00. The van der Waals surface area contributed by atoms with Gasteiger partial charge in [0.15, 0.2) is 6.61 Å². The highest BCUT2D eigenvalue weighted by molar-refractivity contribution is 5.91. The Morgan fingerprint density at radius 2 is 1.96 bits per heavy atom. The third-order valence-electron chi connectivity index (χ3n) is 3.40. The largest absolute Gasteiger partial charge is 0.452 e. The monoisotopic (exact) mass is 346 g/mol. The van der Waals surface area contributed by atoms with Crippen LogP contribution >= 0.6 is 0 Å². The molecule has 0 aliphatic heterocycles. The molecule has 7 nitrogen and oxygen atoms in total. The van der Waals surface area contributed by atoms with Gasteiger partial charge in [-0.2, -0.15) is 0 Å². The first kappa shape index (κ1) is 18.1. The van der Waals surface area contributed by atoms with Gasteiger partial charge in [-0.3, -0.25) is 14.9 Å². The average molecular weight is 346 g/mol. The van der Waals surface area contributed by atoms with E-state index < -0.39 is 29.2 Å². The summed E-state index contributed by atoms with van der Waals surface area (Å²) in [4.78, 5) is 33.7. The summed E-state index contributed by atoms with van der Waals surface area (Å²) in [5, 5.41) is 13.2. The number of carbonyl (C=O) groups excluding carboxylic acids is 2. The van der Waals surface area contributed by atoms with E-state index in [0.29, 0.717) is 11.1 Å². The molecule has 0 heterocycles. The topological polar surface area (TPSA) is 98.5 Å². The van der Waals surface area contributed by atoms with Crippen molar-refractivity contribution in [1.82, 2.24) is 5.32 Å². The highest BCUT2D eigenvalue weighted by Crippen LogP contribution is 2.19. The number of ether oxygens (including phenoxy) is 1. The van der Waals surface area contributed by atoms with Crippen molar-refractivity contribution < 1.29 is 23.6 Å². The number of aryl methyl sites for hydroxylation is 1. The quantitative estimate of drug-likeness (QED) is 0.492. The molecule has 0 atom stereocenters. The summed E-state index contributed by atoms with van der Waals surface area (Å²) < 4.78 is 18.3. The maximum atomic E-state index is 13.4. The number of halogens is 1. The molecule has 8 heteroatoms. The van der Waals surface area contributed by atoms with Crippen molar-refractivity contribution in [3.63, 3.8) is 0 Å². The van der Waals surface area contributed by atoms with Gasteiger partial charge < -0.3 is 10.1 Å². The Bertz CT molecular complexity index is 822. The first-order valence-electron chi connectivity index (χ1n) is 7.30. The Morgan fingerprint density at radius 3 is 2.60 bits per heavy atom. The van der Waals surface area contributed by atoms with Crippen LogP contribution in [0.15, 0.2) is 42.5 Å². The van der Waals surface area contributed by atoms with E-state index in [1.807, 2.05) is 0 Å². The Balaban J connectivity index is 1.87. The maximum Gasteiger partial charge on any atom is 0.338 e. The van der Waals surface area contributed by atoms with Gasteiger partial charge in [-0.25, -0.2) is 9.18 Å². The minimum atomic E-state index is -0.779. The van der Waals surface area contributed by atoms with Crippen LogP contribution in [0.4, 0.5) is 10.1 Å². The minimum absolute atomic E-state index is 0.0281. The van der Waals surface area contributed by atoms with Crippen molar-refractivity contribution in [2.24, 2.45) is 0 Å². The normalized spacial score (nSPS) is 10.2. The molecule has 0 saturated carbocycles.